The largest absolute Gasteiger partial charge is 0.495 e. The first-order valence-electron chi connectivity index (χ1n) is 5.61. The normalized spacial score (nSPS) is 13.0. The number of hydrogen-bond acceptors (Lipinski definition) is 2. The highest BCUT2D eigenvalue weighted by Crippen LogP contribution is 2.33. The first kappa shape index (κ1) is 12.3. The molecule has 0 aliphatic rings. The summed E-state index contributed by atoms with van der Waals surface area (Å²) in [6.07, 6.45) is 0. The van der Waals surface area contributed by atoms with Gasteiger partial charge in [-0.3, -0.25) is 0 Å². The molecule has 0 amide bonds. The van der Waals surface area contributed by atoms with Gasteiger partial charge in [0.1, 0.15) is 5.75 Å². The summed E-state index contributed by atoms with van der Waals surface area (Å²) in [5.74, 6) is 0.713. The maximum atomic E-state index is 6.12. The van der Waals surface area contributed by atoms with Crippen molar-refractivity contribution in [2.75, 3.05) is 14.2 Å². The van der Waals surface area contributed by atoms with Gasteiger partial charge in [-0.05, 0) is 38.6 Å². The number of hydrogen-bond donors (Lipinski definition) is 2. The van der Waals surface area contributed by atoms with E-state index in [2.05, 4.69) is 24.1 Å². The lowest BCUT2D eigenvalue weighted by Gasteiger charge is -2.08. The predicted octanol–water partition coefficient (Wildman–Crippen LogP) is 3.42. The Morgan fingerprint density at radius 1 is 1.41 bits per heavy atom. The van der Waals surface area contributed by atoms with Crippen LogP contribution in [0.15, 0.2) is 12.1 Å². The lowest BCUT2D eigenvalue weighted by atomic mass is 10.1. The zero-order chi connectivity index (χ0) is 12.6. The Kier molecular flexibility index (Phi) is 3.31. The van der Waals surface area contributed by atoms with Gasteiger partial charge in [-0.25, -0.2) is 0 Å². The van der Waals surface area contributed by atoms with Crippen molar-refractivity contribution in [3.63, 3.8) is 0 Å². The van der Waals surface area contributed by atoms with Crippen LogP contribution in [0.2, 0.25) is 5.02 Å². The molecule has 17 heavy (non-hydrogen) atoms. The van der Waals surface area contributed by atoms with Gasteiger partial charge in [-0.15, -0.1) is 0 Å². The number of H-pyrrole nitrogens is 1. The van der Waals surface area contributed by atoms with Crippen molar-refractivity contribution in [2.24, 2.45) is 0 Å². The molecule has 0 bridgehead atoms. The zero-order valence-corrected chi connectivity index (χ0v) is 11.3. The fourth-order valence-corrected chi connectivity index (χ4v) is 2.33. The van der Waals surface area contributed by atoms with Crippen LogP contribution in [0.3, 0.4) is 0 Å². The summed E-state index contributed by atoms with van der Waals surface area (Å²) >= 11 is 6.12. The van der Waals surface area contributed by atoms with Gasteiger partial charge in [-0.1, -0.05) is 11.6 Å². The Balaban J connectivity index is 2.65. The van der Waals surface area contributed by atoms with Gasteiger partial charge in [0.2, 0.25) is 0 Å². The van der Waals surface area contributed by atoms with Crippen LogP contribution in [-0.2, 0) is 0 Å². The van der Waals surface area contributed by atoms with Crippen molar-refractivity contribution in [2.45, 2.75) is 19.9 Å². The Morgan fingerprint density at radius 3 is 2.71 bits per heavy atom. The molecule has 0 saturated carbocycles. The summed E-state index contributed by atoms with van der Waals surface area (Å²) in [5.41, 5.74) is 3.47. The van der Waals surface area contributed by atoms with E-state index in [9.17, 15) is 0 Å². The zero-order valence-electron chi connectivity index (χ0n) is 10.5. The predicted molar refractivity (Wildman–Crippen MR) is 72.1 cm³/mol. The molecule has 1 atom stereocenters. The Hall–Kier alpha value is -1.19. The Labute approximate surface area is 106 Å². The van der Waals surface area contributed by atoms with Gasteiger partial charge in [-0.2, -0.15) is 0 Å². The quantitative estimate of drug-likeness (QED) is 0.878. The van der Waals surface area contributed by atoms with E-state index in [0.29, 0.717) is 10.8 Å². The summed E-state index contributed by atoms with van der Waals surface area (Å²) in [7, 11) is 3.58. The average molecular weight is 253 g/mol. The van der Waals surface area contributed by atoms with Crippen LogP contribution in [0, 0.1) is 6.92 Å². The molecule has 0 saturated heterocycles. The maximum absolute atomic E-state index is 6.12. The lowest BCUT2D eigenvalue weighted by molar-refractivity contribution is 0.415. The highest BCUT2D eigenvalue weighted by atomic mass is 35.5. The molecule has 0 radical (unpaired) electrons. The van der Waals surface area contributed by atoms with E-state index >= 15 is 0 Å². The van der Waals surface area contributed by atoms with Crippen LogP contribution in [0.25, 0.3) is 10.9 Å². The fraction of sp³-hybridized carbons (Fsp3) is 0.385. The topological polar surface area (TPSA) is 37.0 Å². The van der Waals surface area contributed by atoms with Crippen LogP contribution >= 0.6 is 11.6 Å². The van der Waals surface area contributed by atoms with Crippen molar-refractivity contribution < 1.29 is 4.74 Å². The van der Waals surface area contributed by atoms with Crippen molar-refractivity contribution in [1.82, 2.24) is 10.3 Å². The van der Waals surface area contributed by atoms with E-state index in [0.717, 1.165) is 10.9 Å². The number of fused-ring (bicyclic) bond motifs is 1. The Morgan fingerprint density at radius 2 is 2.12 bits per heavy atom. The SMILES string of the molecule is CNC(C)c1[nH]c2cc(Cl)c(OC)cc2c1C. The smallest absolute Gasteiger partial charge is 0.138 e. The molecule has 2 rings (SSSR count). The van der Waals surface area contributed by atoms with Crippen molar-refractivity contribution in [1.29, 1.82) is 0 Å². The number of aromatic nitrogens is 1. The minimum Gasteiger partial charge on any atom is -0.495 e. The number of halogens is 1. The molecule has 0 aliphatic carbocycles. The monoisotopic (exact) mass is 252 g/mol. The molecule has 2 N–H and O–H groups in total. The number of methoxy groups -OCH3 is 1. The molecule has 1 heterocycles. The summed E-state index contributed by atoms with van der Waals surface area (Å²) in [6, 6.07) is 4.18. The number of benzene rings is 1. The first-order chi connectivity index (χ1) is 8.08. The molecule has 4 heteroatoms. The minimum absolute atomic E-state index is 0.284. The van der Waals surface area contributed by atoms with Gasteiger partial charge >= 0.3 is 0 Å². The number of rotatable bonds is 3. The van der Waals surface area contributed by atoms with Crippen LogP contribution in [0.5, 0.6) is 5.75 Å². The maximum Gasteiger partial charge on any atom is 0.138 e. The summed E-state index contributed by atoms with van der Waals surface area (Å²) in [6.45, 7) is 4.23. The molecule has 2 aromatic rings. The van der Waals surface area contributed by atoms with Crippen molar-refractivity contribution in [3.8, 4) is 5.75 Å². The van der Waals surface area contributed by atoms with Crippen LogP contribution in [-0.4, -0.2) is 19.1 Å². The van der Waals surface area contributed by atoms with Gasteiger partial charge in [0, 0.05) is 22.6 Å². The summed E-state index contributed by atoms with van der Waals surface area (Å²) < 4.78 is 5.24. The van der Waals surface area contributed by atoms with Crippen molar-refractivity contribution in [3.05, 3.63) is 28.4 Å². The molecule has 1 aromatic carbocycles. The second-order valence-electron chi connectivity index (χ2n) is 4.21. The van der Waals surface area contributed by atoms with Crippen molar-refractivity contribution >= 4 is 22.5 Å². The van der Waals surface area contributed by atoms with E-state index in [1.54, 1.807) is 7.11 Å². The van der Waals surface area contributed by atoms with E-state index in [1.807, 2.05) is 19.2 Å². The Bertz CT molecular complexity index is 548. The summed E-state index contributed by atoms with van der Waals surface area (Å²) in [5, 5.41) is 5.02. The first-order valence-corrected chi connectivity index (χ1v) is 5.99. The van der Waals surface area contributed by atoms with E-state index in [1.165, 1.54) is 11.3 Å². The molecule has 0 aliphatic heterocycles. The third-order valence-corrected chi connectivity index (χ3v) is 3.53. The standard InChI is InChI=1S/C13H17ClN2O/c1-7-9-5-12(17-4)10(14)6-11(9)16-13(7)8(2)15-3/h5-6,8,15-16H,1-4H3. The van der Waals surface area contributed by atoms with E-state index in [4.69, 9.17) is 16.3 Å². The molecule has 3 nitrogen and oxygen atoms in total. The second kappa shape index (κ2) is 4.59. The average Bonchev–Trinajstić information content (AvgIpc) is 2.64. The van der Waals surface area contributed by atoms with Crippen LogP contribution in [0.1, 0.15) is 24.2 Å². The van der Waals surface area contributed by atoms with Crippen LogP contribution in [0.4, 0.5) is 0 Å². The number of ether oxygens (including phenoxy) is 1. The molecule has 1 unspecified atom stereocenters. The van der Waals surface area contributed by atoms with Gasteiger partial charge < -0.3 is 15.0 Å². The van der Waals surface area contributed by atoms with Gasteiger partial charge in [0.05, 0.1) is 12.1 Å². The van der Waals surface area contributed by atoms with E-state index in [-0.39, 0.29) is 6.04 Å². The molecular weight excluding hydrogens is 236 g/mol. The summed E-state index contributed by atoms with van der Waals surface area (Å²) in [4.78, 5) is 3.40. The third-order valence-electron chi connectivity index (χ3n) is 3.24. The minimum atomic E-state index is 0.284. The number of aromatic amines is 1. The number of aryl methyl sites for hydroxylation is 1. The molecule has 92 valence electrons. The molecule has 1 aromatic heterocycles. The highest BCUT2D eigenvalue weighted by Gasteiger charge is 2.14. The highest BCUT2D eigenvalue weighted by molar-refractivity contribution is 6.32. The molecular formula is C13H17ClN2O. The van der Waals surface area contributed by atoms with E-state index < -0.39 is 0 Å². The third kappa shape index (κ3) is 2.01. The number of nitrogens with one attached hydrogen (secondary N) is 2. The van der Waals surface area contributed by atoms with Gasteiger partial charge in [0.15, 0.2) is 0 Å². The molecule has 0 fully saturated rings. The van der Waals surface area contributed by atoms with Crippen LogP contribution < -0.4 is 10.1 Å². The van der Waals surface area contributed by atoms with Gasteiger partial charge in [0.25, 0.3) is 0 Å². The fourth-order valence-electron chi connectivity index (χ4n) is 2.08. The second-order valence-corrected chi connectivity index (χ2v) is 4.61. The lowest BCUT2D eigenvalue weighted by Crippen LogP contribution is -2.13. The molecule has 0 spiro atoms.